The van der Waals surface area contributed by atoms with Crippen LogP contribution in [0, 0.1) is 0 Å². The van der Waals surface area contributed by atoms with Crippen LogP contribution in [-0.2, 0) is 9.47 Å². The fourth-order valence-corrected chi connectivity index (χ4v) is 2.01. The van der Waals surface area contributed by atoms with E-state index in [9.17, 15) is 0 Å². The van der Waals surface area contributed by atoms with Gasteiger partial charge in [0.2, 0.25) is 0 Å². The van der Waals surface area contributed by atoms with Gasteiger partial charge in [0.05, 0.1) is 11.2 Å². The number of ether oxygens (including phenoxy) is 2. The van der Waals surface area contributed by atoms with Gasteiger partial charge in [0.25, 0.3) is 0 Å². The molecule has 2 rings (SSSR count). The van der Waals surface area contributed by atoms with Crippen molar-refractivity contribution in [1.82, 2.24) is 0 Å². The molecule has 0 aromatic heterocycles. The predicted molar refractivity (Wildman–Crippen MR) is 69.0 cm³/mol. The van der Waals surface area contributed by atoms with E-state index in [2.05, 4.69) is 58.9 Å². The second-order valence-corrected chi connectivity index (χ2v) is 5.82. The van der Waals surface area contributed by atoms with E-state index in [0.29, 0.717) is 0 Å². The summed E-state index contributed by atoms with van der Waals surface area (Å²) in [6.07, 6.45) is -0.164. The van der Waals surface area contributed by atoms with Gasteiger partial charge in [0, 0.05) is 5.92 Å². The topological polar surface area (TPSA) is 18.5 Å². The molecule has 0 saturated carbocycles. The molecule has 94 valence electrons. The van der Waals surface area contributed by atoms with E-state index in [1.54, 1.807) is 0 Å². The summed E-state index contributed by atoms with van der Waals surface area (Å²) in [5, 5.41) is 0. The van der Waals surface area contributed by atoms with E-state index in [-0.39, 0.29) is 23.4 Å². The van der Waals surface area contributed by atoms with Gasteiger partial charge in [0.1, 0.15) is 0 Å². The Hall–Kier alpha value is -0.860. The van der Waals surface area contributed by atoms with Crippen LogP contribution in [0.5, 0.6) is 0 Å². The minimum Gasteiger partial charge on any atom is -0.343 e. The number of hydrogen-bond acceptors (Lipinski definition) is 2. The molecule has 2 nitrogen and oxygen atoms in total. The fraction of sp³-hybridized carbons (Fsp3) is 0.600. The van der Waals surface area contributed by atoms with E-state index in [0.717, 1.165) is 0 Å². The van der Waals surface area contributed by atoms with Crippen molar-refractivity contribution in [2.24, 2.45) is 0 Å². The van der Waals surface area contributed by atoms with E-state index in [1.807, 2.05) is 6.07 Å². The third-order valence-electron chi connectivity index (χ3n) is 4.01. The minimum absolute atomic E-state index is 0.164. The summed E-state index contributed by atoms with van der Waals surface area (Å²) in [7, 11) is 0. The van der Waals surface area contributed by atoms with Crippen molar-refractivity contribution in [1.29, 1.82) is 0 Å². The van der Waals surface area contributed by atoms with Gasteiger partial charge < -0.3 is 9.47 Å². The molecule has 0 aliphatic carbocycles. The van der Waals surface area contributed by atoms with Crippen LogP contribution in [0.1, 0.15) is 46.1 Å². The zero-order chi connectivity index (χ0) is 12.7. The summed E-state index contributed by atoms with van der Waals surface area (Å²) in [4.78, 5) is 0. The molecule has 1 aromatic rings. The van der Waals surface area contributed by atoms with Crippen LogP contribution in [0.2, 0.25) is 0 Å². The van der Waals surface area contributed by atoms with Crippen molar-refractivity contribution in [2.75, 3.05) is 0 Å². The molecule has 2 heteroatoms. The normalized spacial score (nSPS) is 24.8. The third kappa shape index (κ3) is 2.24. The Morgan fingerprint density at radius 2 is 1.41 bits per heavy atom. The third-order valence-corrected chi connectivity index (χ3v) is 4.01. The maximum Gasteiger partial charge on any atom is 0.165 e. The van der Waals surface area contributed by atoms with E-state index >= 15 is 0 Å². The average molecular weight is 234 g/mol. The SMILES string of the molecule is C[C@H](c1ccccc1)C1OC(C)(C)C(C)(C)O1. The molecule has 0 amide bonds. The minimum atomic E-state index is -0.249. The molecule has 1 heterocycles. The zero-order valence-electron chi connectivity index (χ0n) is 11.4. The summed E-state index contributed by atoms with van der Waals surface area (Å²) in [5.41, 5.74) is 0.757. The molecule has 1 aromatic carbocycles. The first kappa shape index (κ1) is 12.6. The van der Waals surface area contributed by atoms with Gasteiger partial charge in [-0.25, -0.2) is 0 Å². The quantitative estimate of drug-likeness (QED) is 0.776. The zero-order valence-corrected chi connectivity index (χ0v) is 11.4. The second kappa shape index (κ2) is 4.11. The first-order chi connectivity index (χ1) is 7.83. The summed E-state index contributed by atoms with van der Waals surface area (Å²) in [6, 6.07) is 10.4. The largest absolute Gasteiger partial charge is 0.343 e. The molecule has 0 unspecified atom stereocenters. The van der Waals surface area contributed by atoms with Crippen molar-refractivity contribution in [3.05, 3.63) is 35.9 Å². The van der Waals surface area contributed by atoms with E-state index in [4.69, 9.17) is 9.47 Å². The molecule has 0 spiro atoms. The summed E-state index contributed by atoms with van der Waals surface area (Å²) >= 11 is 0. The standard InChI is InChI=1S/C15H22O2/c1-11(12-9-7-6-8-10-12)13-16-14(2,3)15(4,5)17-13/h6-11,13H,1-5H3/t11-/m1/s1. The molecule has 1 aliphatic rings. The Kier molecular flexibility index (Phi) is 3.04. The van der Waals surface area contributed by atoms with Crippen molar-refractivity contribution in [2.45, 2.75) is 58.0 Å². The highest BCUT2D eigenvalue weighted by Gasteiger charge is 2.50. The van der Waals surface area contributed by atoms with Gasteiger partial charge in [-0.1, -0.05) is 37.3 Å². The molecule has 1 atom stereocenters. The molecule has 0 N–H and O–H groups in total. The molecule has 17 heavy (non-hydrogen) atoms. The van der Waals surface area contributed by atoms with Gasteiger partial charge in [-0.2, -0.15) is 0 Å². The van der Waals surface area contributed by atoms with Crippen molar-refractivity contribution >= 4 is 0 Å². The lowest BCUT2D eigenvalue weighted by atomic mass is 9.90. The number of rotatable bonds is 2. The Morgan fingerprint density at radius 3 is 1.88 bits per heavy atom. The Balaban J connectivity index is 2.17. The second-order valence-electron chi connectivity index (χ2n) is 5.82. The lowest BCUT2D eigenvalue weighted by Gasteiger charge is -2.30. The average Bonchev–Trinajstić information content (AvgIpc) is 2.48. The van der Waals surface area contributed by atoms with Crippen LogP contribution < -0.4 is 0 Å². The van der Waals surface area contributed by atoms with E-state index < -0.39 is 0 Å². The van der Waals surface area contributed by atoms with Crippen LogP contribution >= 0.6 is 0 Å². The Morgan fingerprint density at radius 1 is 0.941 bits per heavy atom. The number of hydrogen-bond donors (Lipinski definition) is 0. The van der Waals surface area contributed by atoms with E-state index in [1.165, 1.54) is 5.56 Å². The molecule has 1 fully saturated rings. The maximum absolute atomic E-state index is 6.06. The van der Waals surface area contributed by atoms with Crippen LogP contribution in [0.25, 0.3) is 0 Å². The summed E-state index contributed by atoms with van der Waals surface area (Å²) < 4.78 is 12.1. The first-order valence-corrected chi connectivity index (χ1v) is 6.24. The van der Waals surface area contributed by atoms with Gasteiger partial charge in [0.15, 0.2) is 6.29 Å². The molecule has 1 aliphatic heterocycles. The van der Waals surface area contributed by atoms with Crippen LogP contribution in [-0.4, -0.2) is 17.5 Å². The van der Waals surface area contributed by atoms with Crippen LogP contribution in [0.3, 0.4) is 0 Å². The smallest absolute Gasteiger partial charge is 0.165 e. The lowest BCUT2D eigenvalue weighted by Crippen LogP contribution is -2.41. The lowest BCUT2D eigenvalue weighted by molar-refractivity contribution is -0.0993. The van der Waals surface area contributed by atoms with Gasteiger partial charge in [-0.05, 0) is 33.3 Å². The molecular weight excluding hydrogens is 212 g/mol. The molecular formula is C15H22O2. The molecule has 1 saturated heterocycles. The summed E-state index contributed by atoms with van der Waals surface area (Å²) in [5.74, 6) is 0.247. The van der Waals surface area contributed by atoms with Gasteiger partial charge in [-0.3, -0.25) is 0 Å². The van der Waals surface area contributed by atoms with Crippen molar-refractivity contribution in [3.8, 4) is 0 Å². The highest BCUT2D eigenvalue weighted by molar-refractivity contribution is 5.20. The highest BCUT2D eigenvalue weighted by atomic mass is 16.7. The van der Waals surface area contributed by atoms with Crippen molar-refractivity contribution < 1.29 is 9.47 Å². The van der Waals surface area contributed by atoms with Crippen molar-refractivity contribution in [3.63, 3.8) is 0 Å². The Bertz CT molecular complexity index is 365. The first-order valence-electron chi connectivity index (χ1n) is 6.24. The number of benzene rings is 1. The monoisotopic (exact) mass is 234 g/mol. The maximum atomic E-state index is 6.06. The highest BCUT2D eigenvalue weighted by Crippen LogP contribution is 2.42. The summed E-state index contributed by atoms with van der Waals surface area (Å²) in [6.45, 7) is 10.5. The fourth-order valence-electron chi connectivity index (χ4n) is 2.01. The van der Waals surface area contributed by atoms with Crippen LogP contribution in [0.4, 0.5) is 0 Å². The molecule has 0 bridgehead atoms. The molecule has 0 radical (unpaired) electrons. The van der Waals surface area contributed by atoms with Crippen LogP contribution in [0.15, 0.2) is 30.3 Å². The van der Waals surface area contributed by atoms with Gasteiger partial charge >= 0.3 is 0 Å². The predicted octanol–water partition coefficient (Wildman–Crippen LogP) is 3.72. The van der Waals surface area contributed by atoms with Gasteiger partial charge in [-0.15, -0.1) is 0 Å². The Labute approximate surface area is 104 Å².